The van der Waals surface area contributed by atoms with Crippen molar-refractivity contribution in [2.75, 3.05) is 0 Å². The second-order valence-electron chi connectivity index (χ2n) is 3.44. The molecule has 1 aliphatic rings. The lowest BCUT2D eigenvalue weighted by Crippen LogP contribution is -2.62. The minimum atomic E-state index is -1.30. The lowest BCUT2D eigenvalue weighted by Gasteiger charge is -2.39. The third-order valence-corrected chi connectivity index (χ3v) is 2.23. The van der Waals surface area contributed by atoms with Crippen LogP contribution in [0.15, 0.2) is 0 Å². The molecule has 14 heavy (non-hydrogen) atoms. The highest BCUT2D eigenvalue weighted by Gasteiger charge is 2.42. The zero-order chi connectivity index (χ0) is 10.9. The summed E-state index contributed by atoms with van der Waals surface area (Å²) in [6, 6.07) is -0.987. The number of amides is 1. The fourth-order valence-electron chi connectivity index (χ4n) is 1.44. The number of hydrogen-bond acceptors (Lipinski definition) is 5. The van der Waals surface area contributed by atoms with Crippen LogP contribution in [-0.4, -0.2) is 51.9 Å². The van der Waals surface area contributed by atoms with E-state index in [1.54, 1.807) is 0 Å². The Morgan fingerprint density at radius 1 is 1.29 bits per heavy atom. The first kappa shape index (κ1) is 11.4. The molecular weight excluding hydrogens is 190 g/mol. The van der Waals surface area contributed by atoms with Gasteiger partial charge in [-0.3, -0.25) is 4.79 Å². The summed E-state index contributed by atoms with van der Waals surface area (Å²) in [6.45, 7) is 2.78. The van der Waals surface area contributed by atoms with E-state index in [9.17, 15) is 20.1 Å². The molecule has 0 aromatic heterocycles. The van der Waals surface area contributed by atoms with Gasteiger partial charge in [-0.2, -0.15) is 0 Å². The highest BCUT2D eigenvalue weighted by atomic mass is 16.6. The Labute approximate surface area is 81.5 Å². The summed E-state index contributed by atoms with van der Waals surface area (Å²) < 4.78 is 4.91. The Morgan fingerprint density at radius 2 is 1.86 bits per heavy atom. The molecule has 82 valence electrons. The molecule has 1 unspecified atom stereocenters. The summed E-state index contributed by atoms with van der Waals surface area (Å²) >= 11 is 0. The van der Waals surface area contributed by atoms with Gasteiger partial charge in [0.15, 0.2) is 6.29 Å². The van der Waals surface area contributed by atoms with Gasteiger partial charge in [0.05, 0.1) is 6.10 Å². The van der Waals surface area contributed by atoms with E-state index in [-0.39, 0.29) is 0 Å². The van der Waals surface area contributed by atoms with Gasteiger partial charge in [0.1, 0.15) is 18.2 Å². The quantitative estimate of drug-likeness (QED) is 0.395. The Kier molecular flexibility index (Phi) is 3.43. The zero-order valence-corrected chi connectivity index (χ0v) is 8.04. The number of carbonyl (C=O) groups is 1. The third kappa shape index (κ3) is 2.21. The van der Waals surface area contributed by atoms with Crippen LogP contribution in [0.4, 0.5) is 0 Å². The molecule has 0 radical (unpaired) electrons. The molecule has 0 aliphatic carbocycles. The number of hydrogen-bond donors (Lipinski definition) is 4. The summed E-state index contributed by atoms with van der Waals surface area (Å²) in [7, 11) is 0. The van der Waals surface area contributed by atoms with Crippen molar-refractivity contribution in [2.24, 2.45) is 0 Å². The maximum atomic E-state index is 10.7. The van der Waals surface area contributed by atoms with Crippen molar-refractivity contribution < 1.29 is 24.9 Å². The van der Waals surface area contributed by atoms with Crippen molar-refractivity contribution >= 4 is 5.91 Å². The maximum absolute atomic E-state index is 10.7. The van der Waals surface area contributed by atoms with Gasteiger partial charge in [0, 0.05) is 6.92 Å². The van der Waals surface area contributed by atoms with E-state index in [0.29, 0.717) is 0 Å². The Morgan fingerprint density at radius 3 is 2.36 bits per heavy atom. The molecular formula is C8H15NO5. The monoisotopic (exact) mass is 205 g/mol. The van der Waals surface area contributed by atoms with E-state index in [2.05, 4.69) is 5.32 Å². The second-order valence-corrected chi connectivity index (χ2v) is 3.44. The van der Waals surface area contributed by atoms with E-state index < -0.39 is 36.6 Å². The Hall–Kier alpha value is -0.690. The van der Waals surface area contributed by atoms with Gasteiger partial charge in [0.25, 0.3) is 0 Å². The number of carbonyl (C=O) groups excluding carboxylic acids is 1. The van der Waals surface area contributed by atoms with Gasteiger partial charge in [-0.05, 0) is 6.92 Å². The van der Waals surface area contributed by atoms with Crippen molar-refractivity contribution in [1.29, 1.82) is 0 Å². The number of aliphatic hydroxyl groups excluding tert-OH is 3. The zero-order valence-electron chi connectivity index (χ0n) is 8.04. The van der Waals surface area contributed by atoms with Crippen LogP contribution in [0.2, 0.25) is 0 Å². The molecule has 5 atom stereocenters. The minimum absolute atomic E-state index is 0.404. The van der Waals surface area contributed by atoms with Crippen molar-refractivity contribution in [2.45, 2.75) is 44.5 Å². The lowest BCUT2D eigenvalue weighted by molar-refractivity contribution is -0.242. The molecule has 1 amide bonds. The van der Waals surface area contributed by atoms with Gasteiger partial charge >= 0.3 is 0 Å². The van der Waals surface area contributed by atoms with Crippen LogP contribution < -0.4 is 5.32 Å². The van der Waals surface area contributed by atoms with Gasteiger partial charge in [-0.25, -0.2) is 0 Å². The van der Waals surface area contributed by atoms with Crippen LogP contribution in [0.25, 0.3) is 0 Å². The summed E-state index contributed by atoms with van der Waals surface area (Å²) in [5.41, 5.74) is 0. The van der Waals surface area contributed by atoms with Crippen molar-refractivity contribution in [3.05, 3.63) is 0 Å². The van der Waals surface area contributed by atoms with E-state index in [0.717, 1.165) is 0 Å². The second kappa shape index (κ2) is 4.22. The highest BCUT2D eigenvalue weighted by Crippen LogP contribution is 2.19. The first-order valence-corrected chi connectivity index (χ1v) is 4.40. The third-order valence-electron chi connectivity index (χ3n) is 2.23. The molecule has 1 saturated heterocycles. The molecule has 0 saturated carbocycles. The highest BCUT2D eigenvalue weighted by molar-refractivity contribution is 5.73. The first-order valence-electron chi connectivity index (χ1n) is 4.40. The standard InChI is InChI=1S/C8H15NO5/c1-3-6(11)7(12)5(8(13)14-3)9-4(2)10/h3,5-8,11-13H,1-2H3,(H,9,10)/t3-,5-,6+,7-,8?/m0/s1. The van der Waals surface area contributed by atoms with Gasteiger partial charge in [-0.15, -0.1) is 0 Å². The van der Waals surface area contributed by atoms with E-state index in [4.69, 9.17) is 4.74 Å². The minimum Gasteiger partial charge on any atom is -0.388 e. The molecule has 1 aliphatic heterocycles. The van der Waals surface area contributed by atoms with Gasteiger partial charge in [0.2, 0.25) is 5.91 Å². The van der Waals surface area contributed by atoms with Crippen LogP contribution >= 0.6 is 0 Å². The molecule has 6 nitrogen and oxygen atoms in total. The maximum Gasteiger partial charge on any atom is 0.217 e. The molecule has 1 fully saturated rings. The molecule has 6 heteroatoms. The molecule has 1 rings (SSSR count). The van der Waals surface area contributed by atoms with E-state index in [1.807, 2.05) is 0 Å². The van der Waals surface area contributed by atoms with Gasteiger partial charge < -0.3 is 25.4 Å². The Balaban J connectivity index is 2.68. The molecule has 0 spiro atoms. The van der Waals surface area contributed by atoms with Crippen LogP contribution in [-0.2, 0) is 9.53 Å². The lowest BCUT2D eigenvalue weighted by atomic mass is 9.98. The van der Waals surface area contributed by atoms with Crippen LogP contribution in [0, 0.1) is 0 Å². The first-order chi connectivity index (χ1) is 6.43. The van der Waals surface area contributed by atoms with Crippen molar-refractivity contribution in [1.82, 2.24) is 5.32 Å². The number of nitrogens with one attached hydrogen (secondary N) is 1. The molecule has 1 heterocycles. The Bertz CT molecular complexity index is 222. The van der Waals surface area contributed by atoms with Crippen LogP contribution in [0.3, 0.4) is 0 Å². The van der Waals surface area contributed by atoms with Crippen molar-refractivity contribution in [3.63, 3.8) is 0 Å². The topological polar surface area (TPSA) is 99.0 Å². The summed E-state index contributed by atoms with van der Waals surface area (Å²) in [4.78, 5) is 10.7. The number of aliphatic hydroxyl groups is 3. The average Bonchev–Trinajstić information content (AvgIpc) is 2.09. The van der Waals surface area contributed by atoms with Crippen LogP contribution in [0.5, 0.6) is 0 Å². The fraction of sp³-hybridized carbons (Fsp3) is 0.875. The average molecular weight is 205 g/mol. The van der Waals surface area contributed by atoms with Crippen LogP contribution in [0.1, 0.15) is 13.8 Å². The largest absolute Gasteiger partial charge is 0.388 e. The molecule has 0 aromatic rings. The summed E-state index contributed by atoms with van der Waals surface area (Å²) in [5, 5.41) is 30.6. The molecule has 4 N–H and O–H groups in total. The molecule has 0 aromatic carbocycles. The van der Waals surface area contributed by atoms with E-state index in [1.165, 1.54) is 13.8 Å². The predicted octanol–water partition coefficient (Wildman–Crippen LogP) is -2.05. The van der Waals surface area contributed by atoms with E-state index >= 15 is 0 Å². The van der Waals surface area contributed by atoms with Gasteiger partial charge in [-0.1, -0.05) is 0 Å². The van der Waals surface area contributed by atoms with Crippen molar-refractivity contribution in [3.8, 4) is 0 Å². The number of rotatable bonds is 1. The predicted molar refractivity (Wildman–Crippen MR) is 46.2 cm³/mol. The smallest absolute Gasteiger partial charge is 0.217 e. The SMILES string of the molecule is CC(=O)N[C@@H]1C(O)O[C@@H](C)[C@@H](O)[C@H]1O. The normalized spacial score (nSPS) is 43.4. The summed E-state index contributed by atoms with van der Waals surface area (Å²) in [6.07, 6.45) is -4.30. The molecule has 0 bridgehead atoms. The number of ether oxygens (including phenoxy) is 1. The fourth-order valence-corrected chi connectivity index (χ4v) is 1.44. The summed E-state index contributed by atoms with van der Waals surface area (Å²) in [5.74, 6) is -0.404.